The molecule has 1 aliphatic heterocycles. The average molecular weight is 302 g/mol. The third kappa shape index (κ3) is 2.90. The van der Waals surface area contributed by atoms with Crippen LogP contribution in [-0.4, -0.2) is 17.6 Å². The van der Waals surface area contributed by atoms with E-state index in [1.54, 1.807) is 6.07 Å². The zero-order valence-electron chi connectivity index (χ0n) is 11.2. The summed E-state index contributed by atoms with van der Waals surface area (Å²) in [6.07, 6.45) is -1.49. The molecule has 0 aromatic heterocycles. The molecule has 0 bridgehead atoms. The summed E-state index contributed by atoms with van der Waals surface area (Å²) in [4.78, 5) is 1.82. The third-order valence-corrected chi connectivity index (χ3v) is 3.97. The summed E-state index contributed by atoms with van der Waals surface area (Å²) >= 11 is 4.71. The third-order valence-electron chi connectivity index (χ3n) is 3.75. The van der Waals surface area contributed by atoms with Crippen molar-refractivity contribution in [3.63, 3.8) is 0 Å². The molecule has 1 aromatic rings. The quantitative estimate of drug-likeness (QED) is 0.863. The van der Waals surface area contributed by atoms with Crippen molar-refractivity contribution in [1.29, 1.82) is 0 Å². The van der Waals surface area contributed by atoms with Gasteiger partial charge in [-0.05, 0) is 37.5 Å². The highest BCUT2D eigenvalue weighted by Crippen LogP contribution is 2.36. The van der Waals surface area contributed by atoms with Gasteiger partial charge < -0.3 is 10.6 Å². The second-order valence-electron chi connectivity index (χ2n) is 4.99. The number of nitrogens with two attached hydrogens (primary N) is 1. The molecule has 0 aliphatic carbocycles. The second kappa shape index (κ2) is 5.60. The Labute approximate surface area is 121 Å². The van der Waals surface area contributed by atoms with Crippen LogP contribution >= 0.6 is 12.2 Å². The van der Waals surface area contributed by atoms with Crippen LogP contribution in [0.5, 0.6) is 0 Å². The number of alkyl halides is 3. The Hall–Kier alpha value is -1.30. The molecule has 1 aromatic carbocycles. The fraction of sp³-hybridized carbons (Fsp3) is 0.500. The summed E-state index contributed by atoms with van der Waals surface area (Å²) < 4.78 is 39.4. The Morgan fingerprint density at radius 2 is 2.15 bits per heavy atom. The highest BCUT2D eigenvalue weighted by atomic mass is 32.1. The Kier molecular flexibility index (Phi) is 4.22. The molecule has 1 aliphatic rings. The summed E-state index contributed by atoms with van der Waals surface area (Å²) in [6, 6.07) is 4.54. The maximum absolute atomic E-state index is 13.1. The lowest BCUT2D eigenvalue weighted by Gasteiger charge is -2.27. The van der Waals surface area contributed by atoms with E-state index < -0.39 is 11.7 Å². The molecule has 1 unspecified atom stereocenters. The minimum atomic E-state index is -4.45. The van der Waals surface area contributed by atoms with E-state index in [9.17, 15) is 13.2 Å². The van der Waals surface area contributed by atoms with Crippen LogP contribution in [-0.2, 0) is 6.18 Å². The summed E-state index contributed by atoms with van der Waals surface area (Å²) in [5.41, 5.74) is 5.13. The zero-order valence-corrected chi connectivity index (χ0v) is 12.0. The van der Waals surface area contributed by atoms with Crippen molar-refractivity contribution in [2.75, 3.05) is 11.4 Å². The molecular weight excluding hydrogens is 285 g/mol. The number of anilines is 1. The predicted molar refractivity (Wildman–Crippen MR) is 78.0 cm³/mol. The smallest absolute Gasteiger partial charge is 0.389 e. The molecule has 20 heavy (non-hydrogen) atoms. The van der Waals surface area contributed by atoms with Gasteiger partial charge in [0.15, 0.2) is 0 Å². The Balaban J connectivity index is 2.44. The largest absolute Gasteiger partial charge is 0.417 e. The fourth-order valence-corrected chi connectivity index (χ4v) is 2.94. The minimum absolute atomic E-state index is 0.108. The van der Waals surface area contributed by atoms with Gasteiger partial charge in [0.2, 0.25) is 0 Å². The molecule has 2 nitrogen and oxygen atoms in total. The molecule has 2 rings (SSSR count). The van der Waals surface area contributed by atoms with Crippen LogP contribution in [0.4, 0.5) is 18.9 Å². The van der Waals surface area contributed by atoms with Crippen LogP contribution in [0.15, 0.2) is 18.2 Å². The van der Waals surface area contributed by atoms with Crippen molar-refractivity contribution < 1.29 is 13.2 Å². The van der Waals surface area contributed by atoms with E-state index in [0.29, 0.717) is 11.7 Å². The molecule has 2 N–H and O–H groups in total. The monoisotopic (exact) mass is 302 g/mol. The summed E-state index contributed by atoms with van der Waals surface area (Å²) in [6.45, 7) is 2.85. The molecule has 0 saturated carbocycles. The molecule has 6 heteroatoms. The summed E-state index contributed by atoms with van der Waals surface area (Å²) in [7, 11) is 0. The van der Waals surface area contributed by atoms with Gasteiger partial charge in [-0.25, -0.2) is 0 Å². The van der Waals surface area contributed by atoms with Crippen molar-refractivity contribution in [1.82, 2.24) is 0 Å². The minimum Gasteiger partial charge on any atom is -0.389 e. The first kappa shape index (κ1) is 15.1. The van der Waals surface area contributed by atoms with Gasteiger partial charge >= 0.3 is 6.18 Å². The van der Waals surface area contributed by atoms with Crippen molar-refractivity contribution in [2.45, 2.75) is 38.4 Å². The van der Waals surface area contributed by atoms with Crippen LogP contribution in [0, 0.1) is 0 Å². The maximum Gasteiger partial charge on any atom is 0.417 e. The molecule has 0 spiro atoms. The predicted octanol–water partition coefficient (Wildman–Crippen LogP) is 3.72. The van der Waals surface area contributed by atoms with E-state index >= 15 is 0 Å². The van der Waals surface area contributed by atoms with Crippen molar-refractivity contribution in [3.05, 3.63) is 29.3 Å². The molecule has 1 heterocycles. The molecule has 0 radical (unpaired) electrons. The topological polar surface area (TPSA) is 29.3 Å². The van der Waals surface area contributed by atoms with E-state index in [4.69, 9.17) is 18.0 Å². The average Bonchev–Trinajstić information content (AvgIpc) is 2.85. The van der Waals surface area contributed by atoms with Gasteiger partial charge in [-0.2, -0.15) is 13.2 Å². The number of benzene rings is 1. The molecule has 1 fully saturated rings. The maximum atomic E-state index is 13.1. The van der Waals surface area contributed by atoms with Gasteiger partial charge in [-0.1, -0.05) is 19.1 Å². The Morgan fingerprint density at radius 3 is 2.70 bits per heavy atom. The van der Waals surface area contributed by atoms with Gasteiger partial charge in [-0.3, -0.25) is 0 Å². The van der Waals surface area contributed by atoms with Gasteiger partial charge in [-0.15, -0.1) is 0 Å². The van der Waals surface area contributed by atoms with Crippen LogP contribution in [0.1, 0.15) is 37.3 Å². The molecule has 1 atom stereocenters. The fourth-order valence-electron chi connectivity index (χ4n) is 2.76. The highest BCUT2D eigenvalue weighted by Gasteiger charge is 2.35. The van der Waals surface area contributed by atoms with Crippen LogP contribution in [0.2, 0.25) is 0 Å². The van der Waals surface area contributed by atoms with Gasteiger partial charge in [0.05, 0.1) is 5.56 Å². The molecule has 0 amide bonds. The standard InChI is InChI=1S/C14H17F3N2S/c1-2-9-4-3-7-19(9)10-5-6-11(13(18)20)12(8-10)14(15,16)17/h5-6,8-9H,2-4,7H2,1H3,(H2,18,20). The van der Waals surface area contributed by atoms with E-state index in [1.165, 1.54) is 12.1 Å². The van der Waals surface area contributed by atoms with Gasteiger partial charge in [0.25, 0.3) is 0 Å². The van der Waals surface area contributed by atoms with E-state index in [0.717, 1.165) is 25.8 Å². The number of rotatable bonds is 3. The Bertz CT molecular complexity index is 514. The number of thiocarbonyl (C=S) groups is 1. The van der Waals surface area contributed by atoms with Crippen molar-refractivity contribution in [2.24, 2.45) is 5.73 Å². The van der Waals surface area contributed by atoms with Gasteiger partial charge in [0, 0.05) is 23.8 Å². The first-order chi connectivity index (χ1) is 9.34. The lowest BCUT2D eigenvalue weighted by Crippen LogP contribution is -2.29. The first-order valence-electron chi connectivity index (χ1n) is 6.62. The lowest BCUT2D eigenvalue weighted by atomic mass is 10.0. The normalized spacial score (nSPS) is 19.4. The van der Waals surface area contributed by atoms with Crippen molar-refractivity contribution >= 4 is 22.9 Å². The second-order valence-corrected chi connectivity index (χ2v) is 5.43. The van der Waals surface area contributed by atoms with E-state index in [1.807, 2.05) is 4.90 Å². The Morgan fingerprint density at radius 1 is 1.45 bits per heavy atom. The number of nitrogens with zero attached hydrogens (tertiary/aromatic N) is 1. The van der Waals surface area contributed by atoms with Gasteiger partial charge in [0.1, 0.15) is 4.99 Å². The summed E-state index contributed by atoms with van der Waals surface area (Å²) in [5.74, 6) is 0. The highest BCUT2D eigenvalue weighted by molar-refractivity contribution is 7.80. The molecule has 110 valence electrons. The van der Waals surface area contributed by atoms with E-state index in [2.05, 4.69) is 6.92 Å². The summed E-state index contributed by atoms with van der Waals surface area (Å²) in [5, 5.41) is 0. The molecular formula is C14H17F3N2S. The number of hydrogen-bond acceptors (Lipinski definition) is 2. The van der Waals surface area contributed by atoms with Crippen LogP contribution < -0.4 is 10.6 Å². The van der Waals surface area contributed by atoms with E-state index in [-0.39, 0.29) is 10.6 Å². The SMILES string of the molecule is CCC1CCCN1c1ccc(C(N)=S)c(C(F)(F)F)c1. The van der Waals surface area contributed by atoms with Crippen molar-refractivity contribution in [3.8, 4) is 0 Å². The number of hydrogen-bond donors (Lipinski definition) is 1. The first-order valence-corrected chi connectivity index (χ1v) is 7.03. The van der Waals surface area contributed by atoms with Crippen LogP contribution in [0.3, 0.4) is 0 Å². The molecule has 1 saturated heterocycles. The zero-order chi connectivity index (χ0) is 14.9. The lowest BCUT2D eigenvalue weighted by molar-refractivity contribution is -0.137. The number of halogens is 3. The van der Waals surface area contributed by atoms with Crippen LogP contribution in [0.25, 0.3) is 0 Å².